The van der Waals surface area contributed by atoms with E-state index in [1.54, 1.807) is 0 Å². The highest BCUT2D eigenvalue weighted by atomic mass is 16.2. The second-order valence-corrected chi connectivity index (χ2v) is 7.33. The molecule has 0 bridgehead atoms. The van der Waals surface area contributed by atoms with Crippen molar-refractivity contribution in [2.75, 3.05) is 33.7 Å². The summed E-state index contributed by atoms with van der Waals surface area (Å²) < 4.78 is 2.02. The highest BCUT2D eigenvalue weighted by Crippen LogP contribution is 2.36. The van der Waals surface area contributed by atoms with Crippen molar-refractivity contribution in [1.29, 1.82) is 0 Å². The van der Waals surface area contributed by atoms with Crippen molar-refractivity contribution < 1.29 is 4.79 Å². The average molecular weight is 327 g/mol. The van der Waals surface area contributed by atoms with Gasteiger partial charge in [-0.1, -0.05) is 0 Å². The van der Waals surface area contributed by atoms with Gasteiger partial charge >= 0.3 is 0 Å². The number of hydrogen-bond acceptors (Lipinski definition) is 4. The van der Waals surface area contributed by atoms with Gasteiger partial charge in [0.05, 0.1) is 12.2 Å². The molecule has 1 amide bonds. The van der Waals surface area contributed by atoms with Gasteiger partial charge in [0.15, 0.2) is 5.65 Å². The number of aromatic nitrogens is 3. The van der Waals surface area contributed by atoms with E-state index in [-0.39, 0.29) is 0 Å². The smallest absolute Gasteiger partial charge is 0.225 e. The predicted octanol–water partition coefficient (Wildman–Crippen LogP) is 1.72. The molecule has 4 rings (SSSR count). The summed E-state index contributed by atoms with van der Waals surface area (Å²) in [5, 5.41) is 6.03. The third-order valence-electron chi connectivity index (χ3n) is 5.11. The first-order valence-corrected chi connectivity index (χ1v) is 8.88. The maximum absolute atomic E-state index is 12.3. The SMILES string of the molecule is CN(C)CCn1nc(C2CCN(C(=O)C3CC3)C2)c2cccnc21. The molecule has 2 aliphatic rings. The van der Waals surface area contributed by atoms with Crippen LogP contribution in [-0.4, -0.2) is 64.2 Å². The molecular weight excluding hydrogens is 302 g/mol. The standard InChI is InChI=1S/C18H25N5O/c1-21(2)10-11-23-17-15(4-3-8-19-17)16(20-23)14-7-9-22(12-14)18(24)13-5-6-13/h3-4,8,13-14H,5-7,9-12H2,1-2H3. The summed E-state index contributed by atoms with van der Waals surface area (Å²) in [6.45, 7) is 3.44. The summed E-state index contributed by atoms with van der Waals surface area (Å²) in [5.74, 6) is 0.992. The quantitative estimate of drug-likeness (QED) is 0.839. The number of pyridine rings is 1. The van der Waals surface area contributed by atoms with E-state index in [1.165, 1.54) is 0 Å². The van der Waals surface area contributed by atoms with Crippen LogP contribution in [0.4, 0.5) is 0 Å². The second-order valence-electron chi connectivity index (χ2n) is 7.33. The number of nitrogens with zero attached hydrogens (tertiary/aromatic N) is 5. The number of carbonyl (C=O) groups is 1. The summed E-state index contributed by atoms with van der Waals surface area (Å²) >= 11 is 0. The molecule has 0 spiro atoms. The van der Waals surface area contributed by atoms with E-state index >= 15 is 0 Å². The van der Waals surface area contributed by atoms with E-state index in [0.717, 1.165) is 62.2 Å². The molecule has 128 valence electrons. The van der Waals surface area contributed by atoms with Gasteiger partial charge in [0.1, 0.15) is 0 Å². The molecule has 0 radical (unpaired) electrons. The minimum Gasteiger partial charge on any atom is -0.342 e. The van der Waals surface area contributed by atoms with E-state index in [4.69, 9.17) is 5.10 Å². The Labute approximate surface area is 142 Å². The van der Waals surface area contributed by atoms with Gasteiger partial charge in [0.2, 0.25) is 5.91 Å². The molecular formula is C18H25N5O. The fraction of sp³-hybridized carbons (Fsp3) is 0.611. The molecule has 0 N–H and O–H groups in total. The molecule has 1 aliphatic carbocycles. The Hall–Kier alpha value is -1.95. The van der Waals surface area contributed by atoms with Gasteiger partial charge < -0.3 is 9.80 Å². The lowest BCUT2D eigenvalue weighted by molar-refractivity contribution is -0.131. The summed E-state index contributed by atoms with van der Waals surface area (Å²) in [5.41, 5.74) is 2.07. The topological polar surface area (TPSA) is 54.3 Å². The molecule has 1 aliphatic heterocycles. The van der Waals surface area contributed by atoms with Gasteiger partial charge in [-0.3, -0.25) is 4.79 Å². The number of fused-ring (bicyclic) bond motifs is 1. The Balaban J connectivity index is 1.58. The monoisotopic (exact) mass is 327 g/mol. The predicted molar refractivity (Wildman–Crippen MR) is 92.7 cm³/mol. The lowest BCUT2D eigenvalue weighted by Crippen LogP contribution is -2.29. The molecule has 24 heavy (non-hydrogen) atoms. The highest BCUT2D eigenvalue weighted by Gasteiger charge is 2.37. The molecule has 1 atom stereocenters. The van der Waals surface area contributed by atoms with Gasteiger partial charge in [-0.05, 0) is 45.5 Å². The average Bonchev–Trinajstić information content (AvgIpc) is 3.20. The van der Waals surface area contributed by atoms with Crippen molar-refractivity contribution in [2.45, 2.75) is 31.7 Å². The van der Waals surface area contributed by atoms with Gasteiger partial charge in [0.25, 0.3) is 0 Å². The van der Waals surface area contributed by atoms with E-state index in [2.05, 4.69) is 30.0 Å². The Morgan fingerprint density at radius 2 is 2.17 bits per heavy atom. The van der Waals surface area contributed by atoms with Crippen LogP contribution in [0.15, 0.2) is 18.3 Å². The minimum atomic E-state index is 0.305. The van der Waals surface area contributed by atoms with Crippen molar-refractivity contribution >= 4 is 16.9 Å². The zero-order valence-electron chi connectivity index (χ0n) is 14.5. The van der Waals surface area contributed by atoms with Crippen LogP contribution >= 0.6 is 0 Å². The molecule has 6 heteroatoms. The third kappa shape index (κ3) is 2.90. The molecule has 2 fully saturated rings. The van der Waals surface area contributed by atoms with Crippen molar-refractivity contribution in [2.24, 2.45) is 5.92 Å². The number of amides is 1. The maximum Gasteiger partial charge on any atom is 0.225 e. The van der Waals surface area contributed by atoms with Crippen LogP contribution in [0, 0.1) is 5.92 Å². The van der Waals surface area contributed by atoms with Gasteiger partial charge in [-0.2, -0.15) is 5.10 Å². The maximum atomic E-state index is 12.3. The van der Waals surface area contributed by atoms with Crippen LogP contribution in [0.2, 0.25) is 0 Å². The number of hydrogen-bond donors (Lipinski definition) is 0. The van der Waals surface area contributed by atoms with Crippen LogP contribution in [0.25, 0.3) is 11.0 Å². The number of carbonyl (C=O) groups excluding carboxylic acids is 1. The van der Waals surface area contributed by atoms with Crippen LogP contribution in [0.5, 0.6) is 0 Å². The molecule has 1 saturated heterocycles. The Morgan fingerprint density at radius 1 is 1.33 bits per heavy atom. The van der Waals surface area contributed by atoms with Crippen molar-refractivity contribution in [3.8, 4) is 0 Å². The highest BCUT2D eigenvalue weighted by molar-refractivity contribution is 5.82. The van der Waals surface area contributed by atoms with Crippen LogP contribution < -0.4 is 0 Å². The zero-order chi connectivity index (χ0) is 16.7. The Morgan fingerprint density at radius 3 is 2.92 bits per heavy atom. The zero-order valence-corrected chi connectivity index (χ0v) is 14.5. The fourth-order valence-corrected chi connectivity index (χ4v) is 3.56. The molecule has 2 aromatic heterocycles. The van der Waals surface area contributed by atoms with E-state index in [9.17, 15) is 4.79 Å². The third-order valence-corrected chi connectivity index (χ3v) is 5.11. The van der Waals surface area contributed by atoms with Gasteiger partial charge in [-0.25, -0.2) is 9.67 Å². The number of likely N-dealkylation sites (N-methyl/N-ethyl adjacent to an activating group) is 1. The van der Waals surface area contributed by atoms with Crippen LogP contribution in [0.1, 0.15) is 30.9 Å². The van der Waals surface area contributed by atoms with Gasteiger partial charge in [-0.15, -0.1) is 0 Å². The Bertz CT molecular complexity index is 749. The lowest BCUT2D eigenvalue weighted by atomic mass is 10.0. The summed E-state index contributed by atoms with van der Waals surface area (Å²) in [6, 6.07) is 4.09. The fourth-order valence-electron chi connectivity index (χ4n) is 3.56. The number of likely N-dealkylation sites (tertiary alicyclic amines) is 1. The molecule has 2 aromatic rings. The van der Waals surface area contributed by atoms with Crippen molar-refractivity contribution in [1.82, 2.24) is 24.6 Å². The van der Waals surface area contributed by atoms with Gasteiger partial charge in [0, 0.05) is 43.1 Å². The van der Waals surface area contributed by atoms with E-state index in [1.807, 2.05) is 21.8 Å². The first-order valence-electron chi connectivity index (χ1n) is 8.88. The van der Waals surface area contributed by atoms with Crippen LogP contribution in [0.3, 0.4) is 0 Å². The van der Waals surface area contributed by atoms with E-state index < -0.39 is 0 Å². The normalized spacial score (nSPS) is 21.1. The summed E-state index contributed by atoms with van der Waals surface area (Å²) in [4.78, 5) is 21.1. The molecule has 1 saturated carbocycles. The molecule has 3 heterocycles. The first-order chi connectivity index (χ1) is 11.6. The molecule has 6 nitrogen and oxygen atoms in total. The largest absolute Gasteiger partial charge is 0.342 e. The summed E-state index contributed by atoms with van der Waals surface area (Å²) in [6.07, 6.45) is 4.99. The van der Waals surface area contributed by atoms with Crippen molar-refractivity contribution in [3.05, 3.63) is 24.0 Å². The Kier molecular flexibility index (Phi) is 4.00. The second kappa shape index (κ2) is 6.16. The van der Waals surface area contributed by atoms with Crippen molar-refractivity contribution in [3.63, 3.8) is 0 Å². The summed E-state index contributed by atoms with van der Waals surface area (Å²) in [7, 11) is 4.14. The lowest BCUT2D eigenvalue weighted by Gasteiger charge is -2.15. The minimum absolute atomic E-state index is 0.305. The molecule has 0 aromatic carbocycles. The van der Waals surface area contributed by atoms with Crippen LogP contribution in [-0.2, 0) is 11.3 Å². The first kappa shape index (κ1) is 15.6. The van der Waals surface area contributed by atoms with E-state index in [0.29, 0.717) is 17.7 Å². The molecule has 1 unspecified atom stereocenters. The number of rotatable bonds is 5.